The van der Waals surface area contributed by atoms with Crippen molar-refractivity contribution >= 4 is 18.3 Å². The maximum Gasteiger partial charge on any atom is 0.241 e. The third kappa shape index (κ3) is 3.14. The second-order valence-electron chi connectivity index (χ2n) is 6.45. The summed E-state index contributed by atoms with van der Waals surface area (Å²) in [5, 5.41) is 3.04. The number of rotatable bonds is 5. The van der Waals surface area contributed by atoms with Crippen molar-refractivity contribution in [1.29, 1.82) is 0 Å². The van der Waals surface area contributed by atoms with E-state index in [-0.39, 0.29) is 35.9 Å². The first kappa shape index (κ1) is 18.9. The van der Waals surface area contributed by atoms with Crippen LogP contribution in [0.2, 0.25) is 0 Å². The fourth-order valence-electron chi connectivity index (χ4n) is 2.97. The fourth-order valence-corrected chi connectivity index (χ4v) is 2.97. The van der Waals surface area contributed by atoms with Crippen LogP contribution in [0.15, 0.2) is 30.3 Å². The van der Waals surface area contributed by atoms with Crippen molar-refractivity contribution in [2.75, 3.05) is 6.61 Å². The molecule has 3 N–H and O–H groups in total. The largest absolute Gasteiger partial charge is 0.378 e. The summed E-state index contributed by atoms with van der Waals surface area (Å²) in [6.45, 7) is 8.59. The van der Waals surface area contributed by atoms with Crippen molar-refractivity contribution < 1.29 is 9.53 Å². The summed E-state index contributed by atoms with van der Waals surface area (Å²) in [5.41, 5.74) is 6.23. The average Bonchev–Trinajstić information content (AvgIpc) is 2.47. The summed E-state index contributed by atoms with van der Waals surface area (Å²) in [4.78, 5) is 12.6. The molecule has 1 saturated carbocycles. The molecule has 0 bridgehead atoms. The Bertz CT molecular complexity index is 507. The van der Waals surface area contributed by atoms with Gasteiger partial charge in [-0.25, -0.2) is 0 Å². The van der Waals surface area contributed by atoms with E-state index in [4.69, 9.17) is 10.5 Å². The lowest BCUT2D eigenvalue weighted by molar-refractivity contribution is -0.171. The SMILES string of the molecule is CCOC1CC(N)(C(=O)NC(C)c2ccccc2)C1(C)C.Cl. The number of hydrogen-bond acceptors (Lipinski definition) is 3. The van der Waals surface area contributed by atoms with Gasteiger partial charge in [0.2, 0.25) is 5.91 Å². The molecular weight excluding hydrogens is 300 g/mol. The first-order valence-electron chi connectivity index (χ1n) is 7.59. The van der Waals surface area contributed by atoms with E-state index in [9.17, 15) is 4.79 Å². The number of carbonyl (C=O) groups excluding carboxylic acids is 1. The maximum atomic E-state index is 12.6. The second kappa shape index (κ2) is 6.99. The number of nitrogens with two attached hydrogens (primary N) is 1. The van der Waals surface area contributed by atoms with Gasteiger partial charge in [-0.1, -0.05) is 44.2 Å². The lowest BCUT2D eigenvalue weighted by Gasteiger charge is -2.57. The minimum atomic E-state index is -0.865. The maximum absolute atomic E-state index is 12.6. The zero-order valence-corrected chi connectivity index (χ0v) is 14.6. The lowest BCUT2D eigenvalue weighted by atomic mass is 9.54. The molecule has 0 aromatic heterocycles. The predicted molar refractivity (Wildman–Crippen MR) is 91.0 cm³/mol. The number of benzene rings is 1. The van der Waals surface area contributed by atoms with Crippen LogP contribution in [-0.2, 0) is 9.53 Å². The summed E-state index contributed by atoms with van der Waals surface area (Å²) in [6, 6.07) is 9.85. The first-order valence-corrected chi connectivity index (χ1v) is 7.59. The highest BCUT2D eigenvalue weighted by molar-refractivity contribution is 5.89. The zero-order valence-electron chi connectivity index (χ0n) is 13.8. The molecule has 1 aliphatic carbocycles. The number of amides is 1. The zero-order chi connectivity index (χ0) is 15.7. The highest BCUT2D eigenvalue weighted by Crippen LogP contribution is 2.50. The molecule has 124 valence electrons. The Balaban J connectivity index is 0.00000242. The van der Waals surface area contributed by atoms with Gasteiger partial charge >= 0.3 is 0 Å². The predicted octanol–water partition coefficient (Wildman–Crippen LogP) is 2.82. The normalized spacial score (nSPS) is 27.2. The van der Waals surface area contributed by atoms with Gasteiger partial charge in [-0.2, -0.15) is 0 Å². The monoisotopic (exact) mass is 326 g/mol. The van der Waals surface area contributed by atoms with E-state index in [1.807, 2.05) is 58.0 Å². The van der Waals surface area contributed by atoms with Crippen molar-refractivity contribution in [3.05, 3.63) is 35.9 Å². The van der Waals surface area contributed by atoms with Gasteiger partial charge in [0.15, 0.2) is 0 Å². The van der Waals surface area contributed by atoms with Gasteiger partial charge in [0.25, 0.3) is 0 Å². The fraction of sp³-hybridized carbons (Fsp3) is 0.588. The van der Waals surface area contributed by atoms with Crippen LogP contribution in [0.5, 0.6) is 0 Å². The van der Waals surface area contributed by atoms with E-state index in [1.54, 1.807) is 0 Å². The summed E-state index contributed by atoms with van der Waals surface area (Å²) in [7, 11) is 0. The van der Waals surface area contributed by atoms with Gasteiger partial charge in [0, 0.05) is 18.4 Å². The Labute approximate surface area is 139 Å². The van der Waals surface area contributed by atoms with Gasteiger partial charge in [-0.05, 0) is 19.4 Å². The van der Waals surface area contributed by atoms with Gasteiger partial charge in [0.1, 0.15) is 5.54 Å². The van der Waals surface area contributed by atoms with E-state index in [0.29, 0.717) is 13.0 Å². The molecule has 1 aromatic rings. The van der Waals surface area contributed by atoms with E-state index >= 15 is 0 Å². The van der Waals surface area contributed by atoms with Gasteiger partial charge in [-0.15, -0.1) is 12.4 Å². The molecular formula is C17H27ClN2O2. The van der Waals surface area contributed by atoms with Crippen LogP contribution in [0.1, 0.15) is 45.7 Å². The standard InChI is InChI=1S/C17H26N2O2.ClH/c1-5-21-14-11-17(18,16(14,3)4)15(20)19-12(2)13-9-7-6-8-10-13;/h6-10,12,14H,5,11,18H2,1-4H3,(H,19,20);1H. The van der Waals surface area contributed by atoms with Gasteiger partial charge < -0.3 is 15.8 Å². The third-order valence-electron chi connectivity index (χ3n) is 4.88. The highest BCUT2D eigenvalue weighted by Gasteiger charge is 2.62. The number of carbonyl (C=O) groups is 1. The highest BCUT2D eigenvalue weighted by atomic mass is 35.5. The molecule has 0 saturated heterocycles. The number of nitrogens with one attached hydrogen (secondary N) is 1. The smallest absolute Gasteiger partial charge is 0.241 e. The summed E-state index contributed by atoms with van der Waals surface area (Å²) >= 11 is 0. The van der Waals surface area contributed by atoms with E-state index in [2.05, 4.69) is 5.32 Å². The summed E-state index contributed by atoms with van der Waals surface area (Å²) in [6.07, 6.45) is 0.617. The summed E-state index contributed by atoms with van der Waals surface area (Å²) in [5.74, 6) is -0.0974. The molecule has 1 aromatic carbocycles. The molecule has 0 spiro atoms. The quantitative estimate of drug-likeness (QED) is 0.874. The average molecular weight is 327 g/mol. The lowest BCUT2D eigenvalue weighted by Crippen LogP contribution is -2.75. The van der Waals surface area contributed by atoms with Crippen LogP contribution in [0.3, 0.4) is 0 Å². The number of hydrogen-bond donors (Lipinski definition) is 2. The molecule has 0 radical (unpaired) electrons. The molecule has 22 heavy (non-hydrogen) atoms. The third-order valence-corrected chi connectivity index (χ3v) is 4.88. The Morgan fingerprint density at radius 1 is 1.41 bits per heavy atom. The Morgan fingerprint density at radius 3 is 2.50 bits per heavy atom. The van der Waals surface area contributed by atoms with Crippen LogP contribution < -0.4 is 11.1 Å². The van der Waals surface area contributed by atoms with Gasteiger partial charge in [-0.3, -0.25) is 4.79 Å². The Kier molecular flexibility index (Phi) is 6.02. The number of ether oxygens (including phenoxy) is 1. The molecule has 2 rings (SSSR count). The van der Waals surface area contributed by atoms with Crippen molar-refractivity contribution in [3.8, 4) is 0 Å². The van der Waals surface area contributed by atoms with Crippen molar-refractivity contribution in [1.82, 2.24) is 5.32 Å². The molecule has 1 fully saturated rings. The number of halogens is 1. The molecule has 4 nitrogen and oxygen atoms in total. The minimum absolute atomic E-state index is 0. The minimum Gasteiger partial charge on any atom is -0.378 e. The van der Waals surface area contributed by atoms with Crippen LogP contribution in [0.25, 0.3) is 0 Å². The van der Waals surface area contributed by atoms with Crippen LogP contribution in [-0.4, -0.2) is 24.2 Å². The topological polar surface area (TPSA) is 64.3 Å². The van der Waals surface area contributed by atoms with Crippen molar-refractivity contribution in [3.63, 3.8) is 0 Å². The molecule has 0 aliphatic heterocycles. The van der Waals surface area contributed by atoms with Crippen LogP contribution in [0, 0.1) is 5.41 Å². The van der Waals surface area contributed by atoms with Crippen molar-refractivity contribution in [2.24, 2.45) is 11.1 Å². The van der Waals surface area contributed by atoms with E-state index in [0.717, 1.165) is 5.56 Å². The molecule has 5 heteroatoms. The first-order chi connectivity index (χ1) is 9.83. The van der Waals surface area contributed by atoms with Crippen molar-refractivity contribution in [2.45, 2.75) is 51.8 Å². The molecule has 3 atom stereocenters. The Morgan fingerprint density at radius 2 is 2.00 bits per heavy atom. The van der Waals surface area contributed by atoms with E-state index in [1.165, 1.54) is 0 Å². The van der Waals surface area contributed by atoms with Gasteiger partial charge in [0.05, 0.1) is 12.1 Å². The van der Waals surface area contributed by atoms with E-state index < -0.39 is 5.54 Å². The van der Waals surface area contributed by atoms with Crippen LogP contribution >= 0.6 is 12.4 Å². The molecule has 1 amide bonds. The summed E-state index contributed by atoms with van der Waals surface area (Å²) < 4.78 is 5.67. The molecule has 1 aliphatic rings. The molecule has 3 unspecified atom stereocenters. The van der Waals surface area contributed by atoms with Crippen LogP contribution in [0.4, 0.5) is 0 Å². The second-order valence-corrected chi connectivity index (χ2v) is 6.45. The molecule has 0 heterocycles. The Hall–Kier alpha value is -1.10.